The van der Waals surface area contributed by atoms with Gasteiger partial charge in [0.25, 0.3) is 0 Å². The molecule has 0 bridgehead atoms. The van der Waals surface area contributed by atoms with Crippen LogP contribution in [0.25, 0.3) is 0 Å². The molecule has 2 N–H and O–H groups in total. The number of rotatable bonds is 6. The summed E-state index contributed by atoms with van der Waals surface area (Å²) in [4.78, 5) is 13.9. The Hall–Kier alpha value is -2.44. The standard InChI is InChI=1S/C22H26FN3O2/c1-15(27)24-21-5-2-4-18-19-14-26(12-10-20(19)25-22(18)21)11-3-13-28-17-8-6-16(23)7-9-17/h2,4-9,20,22,25H,3,10-14H2,1H3,(H,24,27)/t20-,22?/m0/s1. The van der Waals surface area contributed by atoms with Crippen LogP contribution in [0.5, 0.6) is 5.75 Å². The van der Waals surface area contributed by atoms with Gasteiger partial charge in [-0.1, -0.05) is 12.2 Å². The summed E-state index contributed by atoms with van der Waals surface area (Å²) in [7, 11) is 0. The third-order valence-electron chi connectivity index (χ3n) is 5.48. The van der Waals surface area contributed by atoms with Crippen molar-refractivity contribution in [2.45, 2.75) is 31.8 Å². The minimum atomic E-state index is -0.249. The molecule has 0 spiro atoms. The number of allylic oxidation sites excluding steroid dienone is 2. The smallest absolute Gasteiger partial charge is 0.221 e. The van der Waals surface area contributed by atoms with E-state index in [1.54, 1.807) is 19.1 Å². The number of likely N-dealkylation sites (tertiary alicyclic amines) is 1. The molecule has 2 heterocycles. The van der Waals surface area contributed by atoms with Gasteiger partial charge in [-0.15, -0.1) is 0 Å². The van der Waals surface area contributed by atoms with E-state index in [2.05, 4.69) is 21.6 Å². The molecule has 5 nitrogen and oxygen atoms in total. The molecule has 1 aromatic rings. The molecule has 4 rings (SSSR count). The number of carbonyl (C=O) groups is 1. The summed E-state index contributed by atoms with van der Waals surface area (Å²) in [5.74, 6) is 0.421. The summed E-state index contributed by atoms with van der Waals surface area (Å²) in [6, 6.07) is 6.63. The van der Waals surface area contributed by atoms with Gasteiger partial charge < -0.3 is 10.1 Å². The highest BCUT2D eigenvalue weighted by Gasteiger charge is 2.37. The van der Waals surface area contributed by atoms with Gasteiger partial charge in [0.2, 0.25) is 5.91 Å². The predicted octanol–water partition coefficient (Wildman–Crippen LogP) is 2.53. The van der Waals surface area contributed by atoms with Gasteiger partial charge in [-0.25, -0.2) is 4.39 Å². The minimum Gasteiger partial charge on any atom is -0.494 e. The number of hydrogen-bond acceptors (Lipinski definition) is 4. The number of amides is 1. The van der Waals surface area contributed by atoms with Crippen molar-refractivity contribution in [1.82, 2.24) is 15.5 Å². The van der Waals surface area contributed by atoms with Crippen LogP contribution in [0.3, 0.4) is 0 Å². The van der Waals surface area contributed by atoms with Gasteiger partial charge in [0, 0.05) is 38.3 Å². The SMILES string of the molecule is CC(=O)NC1=CC=CC2=C3CN(CCCOc4ccc(F)cc4)CC[C@@H]3NC12. The van der Waals surface area contributed by atoms with Gasteiger partial charge in [-0.3, -0.25) is 15.0 Å². The summed E-state index contributed by atoms with van der Waals surface area (Å²) >= 11 is 0. The maximum Gasteiger partial charge on any atom is 0.221 e. The molecular weight excluding hydrogens is 357 g/mol. The Labute approximate surface area is 164 Å². The lowest BCUT2D eigenvalue weighted by molar-refractivity contribution is -0.118. The van der Waals surface area contributed by atoms with Crippen molar-refractivity contribution in [2.75, 3.05) is 26.2 Å². The molecule has 2 aliphatic heterocycles. The Kier molecular flexibility index (Phi) is 5.59. The maximum atomic E-state index is 12.9. The van der Waals surface area contributed by atoms with Crippen LogP contribution in [0.2, 0.25) is 0 Å². The molecule has 2 atom stereocenters. The summed E-state index contributed by atoms with van der Waals surface area (Å²) in [5, 5.41) is 6.63. The number of nitrogens with zero attached hydrogens (tertiary/aromatic N) is 1. The number of carbonyl (C=O) groups excluding carboxylic acids is 1. The highest BCUT2D eigenvalue weighted by Crippen LogP contribution is 2.33. The zero-order chi connectivity index (χ0) is 19.5. The summed E-state index contributed by atoms with van der Waals surface area (Å²) in [6.45, 7) is 5.11. The molecule has 28 heavy (non-hydrogen) atoms. The quantitative estimate of drug-likeness (QED) is 0.742. The zero-order valence-electron chi connectivity index (χ0n) is 16.1. The Morgan fingerprint density at radius 1 is 1.36 bits per heavy atom. The molecule has 1 unspecified atom stereocenters. The van der Waals surface area contributed by atoms with Gasteiger partial charge in [0.15, 0.2) is 0 Å². The highest BCUT2D eigenvalue weighted by molar-refractivity contribution is 5.76. The molecule has 3 aliphatic rings. The van der Waals surface area contributed by atoms with Crippen LogP contribution in [-0.4, -0.2) is 49.1 Å². The van der Waals surface area contributed by atoms with Crippen molar-refractivity contribution >= 4 is 5.91 Å². The summed E-state index contributed by atoms with van der Waals surface area (Å²) in [6.07, 6.45) is 8.15. The van der Waals surface area contributed by atoms with E-state index in [1.165, 1.54) is 23.3 Å². The van der Waals surface area contributed by atoms with Crippen LogP contribution in [0.1, 0.15) is 19.8 Å². The number of benzene rings is 1. The van der Waals surface area contributed by atoms with Gasteiger partial charge in [0.05, 0.1) is 12.6 Å². The molecule has 0 aromatic heterocycles. The topological polar surface area (TPSA) is 53.6 Å². The van der Waals surface area contributed by atoms with Crippen LogP contribution >= 0.6 is 0 Å². The Balaban J connectivity index is 1.31. The summed E-state index contributed by atoms with van der Waals surface area (Å²) in [5.41, 5.74) is 3.66. The number of nitrogens with one attached hydrogen (secondary N) is 2. The second-order valence-corrected chi connectivity index (χ2v) is 7.52. The molecule has 1 amide bonds. The van der Waals surface area contributed by atoms with E-state index in [-0.39, 0.29) is 17.8 Å². The predicted molar refractivity (Wildman–Crippen MR) is 106 cm³/mol. The normalized spacial score (nSPS) is 23.9. The molecule has 148 valence electrons. The Morgan fingerprint density at radius 3 is 2.96 bits per heavy atom. The first-order valence-electron chi connectivity index (χ1n) is 9.86. The highest BCUT2D eigenvalue weighted by atomic mass is 19.1. The average Bonchev–Trinajstić information content (AvgIpc) is 3.05. The van der Waals surface area contributed by atoms with Crippen LogP contribution in [0.4, 0.5) is 4.39 Å². The van der Waals surface area contributed by atoms with E-state index in [4.69, 9.17) is 4.74 Å². The van der Waals surface area contributed by atoms with Crippen molar-refractivity contribution in [3.8, 4) is 5.75 Å². The fourth-order valence-electron chi connectivity index (χ4n) is 4.20. The van der Waals surface area contributed by atoms with Crippen molar-refractivity contribution in [1.29, 1.82) is 0 Å². The van der Waals surface area contributed by atoms with Crippen molar-refractivity contribution in [3.63, 3.8) is 0 Å². The molecule has 0 saturated carbocycles. The average molecular weight is 383 g/mol. The Morgan fingerprint density at radius 2 is 2.18 bits per heavy atom. The number of halogens is 1. The van der Waals surface area contributed by atoms with Gasteiger partial charge >= 0.3 is 0 Å². The number of hydrogen-bond donors (Lipinski definition) is 2. The summed E-state index contributed by atoms with van der Waals surface area (Å²) < 4.78 is 18.6. The zero-order valence-corrected chi connectivity index (χ0v) is 16.1. The molecule has 1 fully saturated rings. The van der Waals surface area contributed by atoms with Gasteiger partial charge in [-0.05, 0) is 54.3 Å². The third-order valence-corrected chi connectivity index (χ3v) is 5.48. The van der Waals surface area contributed by atoms with E-state index < -0.39 is 0 Å². The molecular formula is C22H26FN3O2. The largest absolute Gasteiger partial charge is 0.494 e. The maximum absolute atomic E-state index is 12.9. The van der Waals surface area contributed by atoms with E-state index in [9.17, 15) is 9.18 Å². The third kappa shape index (κ3) is 4.18. The van der Waals surface area contributed by atoms with E-state index in [0.717, 1.165) is 38.2 Å². The molecule has 1 aromatic carbocycles. The lowest BCUT2D eigenvalue weighted by Crippen LogP contribution is -2.44. The van der Waals surface area contributed by atoms with Crippen LogP contribution in [-0.2, 0) is 4.79 Å². The van der Waals surface area contributed by atoms with Crippen LogP contribution < -0.4 is 15.4 Å². The minimum absolute atomic E-state index is 0.0367. The van der Waals surface area contributed by atoms with Crippen LogP contribution in [0.15, 0.2) is 59.3 Å². The lowest BCUT2D eigenvalue weighted by atomic mass is 9.93. The fraction of sp³-hybridized carbons (Fsp3) is 0.409. The van der Waals surface area contributed by atoms with Crippen LogP contribution in [0, 0.1) is 5.82 Å². The first-order chi connectivity index (χ1) is 13.6. The van der Waals surface area contributed by atoms with Crippen molar-refractivity contribution < 1.29 is 13.9 Å². The second kappa shape index (κ2) is 8.29. The van der Waals surface area contributed by atoms with Gasteiger partial charge in [0.1, 0.15) is 11.6 Å². The van der Waals surface area contributed by atoms with Gasteiger partial charge in [-0.2, -0.15) is 0 Å². The Bertz CT molecular complexity index is 829. The molecule has 6 heteroatoms. The molecule has 0 radical (unpaired) electrons. The number of piperidine rings is 1. The monoisotopic (exact) mass is 383 g/mol. The van der Waals surface area contributed by atoms with E-state index in [0.29, 0.717) is 18.4 Å². The fourth-order valence-corrected chi connectivity index (χ4v) is 4.20. The first-order valence-corrected chi connectivity index (χ1v) is 9.86. The number of ether oxygens (including phenoxy) is 1. The second-order valence-electron chi connectivity index (χ2n) is 7.52. The molecule has 1 aliphatic carbocycles. The van der Waals surface area contributed by atoms with E-state index >= 15 is 0 Å². The first kappa shape index (κ1) is 18.9. The molecule has 1 saturated heterocycles. The van der Waals surface area contributed by atoms with Crippen molar-refractivity contribution in [2.24, 2.45) is 0 Å². The number of fused-ring (bicyclic) bond motifs is 2. The van der Waals surface area contributed by atoms with Crippen molar-refractivity contribution in [3.05, 3.63) is 65.2 Å². The lowest BCUT2D eigenvalue weighted by Gasteiger charge is -2.32. The van der Waals surface area contributed by atoms with E-state index in [1.807, 2.05) is 12.2 Å².